The number of hydrogen-bond acceptors (Lipinski definition) is 8. The molecule has 0 radical (unpaired) electrons. The quantitative estimate of drug-likeness (QED) is 0.172. The van der Waals surface area contributed by atoms with Crippen molar-refractivity contribution in [3.8, 4) is 40.3 Å². The van der Waals surface area contributed by atoms with Gasteiger partial charge in [0.25, 0.3) is 0 Å². The fourth-order valence-electron chi connectivity index (χ4n) is 8.46. The molecule has 9 heteroatoms. The van der Waals surface area contributed by atoms with Gasteiger partial charge < -0.3 is 24.0 Å². The number of para-hydroxylation sites is 3. The van der Waals surface area contributed by atoms with Crippen molar-refractivity contribution < 1.29 is 14.2 Å². The van der Waals surface area contributed by atoms with Crippen LogP contribution in [0.4, 0.5) is 28.4 Å². The maximum Gasteiger partial charge on any atom is 0.157 e. The number of anilines is 5. The molecule has 0 unspecified atom stereocenters. The summed E-state index contributed by atoms with van der Waals surface area (Å²) in [5.41, 5.74) is 8.48. The summed E-state index contributed by atoms with van der Waals surface area (Å²) in [4.78, 5) is 13.9. The summed E-state index contributed by atoms with van der Waals surface area (Å²) in [6, 6.07) is 44.1. The Balaban J connectivity index is 0.842. The zero-order chi connectivity index (χ0) is 38.0. The predicted molar refractivity (Wildman–Crippen MR) is 228 cm³/mol. The first kappa shape index (κ1) is 32.4. The van der Waals surface area contributed by atoms with Gasteiger partial charge in [0.2, 0.25) is 0 Å². The lowest BCUT2D eigenvalue weighted by Gasteiger charge is -2.42. The molecule has 0 atom stereocenters. The average molecular weight is 762 g/mol. The van der Waals surface area contributed by atoms with Crippen LogP contribution in [0, 0.1) is 0 Å². The first-order valence-corrected chi connectivity index (χ1v) is 19.9. The van der Waals surface area contributed by atoms with Crippen molar-refractivity contribution >= 4 is 62.0 Å². The SMILES string of the molecule is CC(C)(C)c1ccnc(-n2c3ccccc3c3ccc(Oc4cccc(N5C=CN(c6cc7c8c(c6)Oc6cccc9c6N8c6c(cccc6S9)O7)C5)c4)cc32)c1. The molecule has 0 aliphatic carbocycles. The third-order valence-electron chi connectivity index (χ3n) is 11.2. The van der Waals surface area contributed by atoms with Crippen molar-refractivity contribution in [2.45, 2.75) is 36.0 Å². The number of hydrogen-bond donors (Lipinski definition) is 0. The highest BCUT2D eigenvalue weighted by Gasteiger charge is 2.41. The van der Waals surface area contributed by atoms with Gasteiger partial charge in [0.1, 0.15) is 34.4 Å². The number of ether oxygens (including phenoxy) is 3. The maximum atomic E-state index is 6.61. The highest BCUT2D eigenvalue weighted by molar-refractivity contribution is 7.99. The van der Waals surface area contributed by atoms with E-state index in [0.29, 0.717) is 6.67 Å². The van der Waals surface area contributed by atoms with E-state index in [9.17, 15) is 0 Å². The molecule has 4 aliphatic rings. The topological polar surface area (TPSA) is 55.2 Å². The zero-order valence-corrected chi connectivity index (χ0v) is 32.2. The molecule has 2 aromatic heterocycles. The Hall–Kier alpha value is -6.84. The first-order chi connectivity index (χ1) is 27.8. The Labute approximate surface area is 333 Å². The van der Waals surface area contributed by atoms with E-state index in [0.717, 1.165) is 85.2 Å². The molecular formula is C48H35N5O3S. The van der Waals surface area contributed by atoms with Crippen LogP contribution in [0.3, 0.4) is 0 Å². The maximum absolute atomic E-state index is 6.61. The van der Waals surface area contributed by atoms with Gasteiger partial charge in [0, 0.05) is 74.8 Å². The largest absolute Gasteiger partial charge is 0.457 e. The van der Waals surface area contributed by atoms with Crippen LogP contribution in [-0.2, 0) is 5.41 Å². The van der Waals surface area contributed by atoms with Gasteiger partial charge in [-0.25, -0.2) is 4.98 Å². The van der Waals surface area contributed by atoms with Gasteiger partial charge in [-0.3, -0.25) is 9.47 Å². The molecule has 4 aliphatic heterocycles. The minimum Gasteiger partial charge on any atom is -0.457 e. The highest BCUT2D eigenvalue weighted by atomic mass is 32.2. The van der Waals surface area contributed by atoms with Gasteiger partial charge in [-0.2, -0.15) is 0 Å². The van der Waals surface area contributed by atoms with Crippen LogP contribution in [0.15, 0.2) is 156 Å². The zero-order valence-electron chi connectivity index (χ0n) is 31.4. The second kappa shape index (κ2) is 11.8. The molecular weight excluding hydrogens is 727 g/mol. The predicted octanol–water partition coefficient (Wildman–Crippen LogP) is 13.2. The fraction of sp³-hybridized carbons (Fsp3) is 0.104. The molecule has 8 aromatic rings. The Bertz CT molecular complexity index is 2960. The summed E-state index contributed by atoms with van der Waals surface area (Å²) in [6.45, 7) is 7.30. The van der Waals surface area contributed by atoms with E-state index >= 15 is 0 Å². The lowest BCUT2D eigenvalue weighted by atomic mass is 9.88. The summed E-state index contributed by atoms with van der Waals surface area (Å²) in [7, 11) is 0. The monoisotopic (exact) mass is 761 g/mol. The van der Waals surface area contributed by atoms with Crippen molar-refractivity contribution in [2.24, 2.45) is 0 Å². The number of fused-ring (bicyclic) bond motifs is 3. The van der Waals surface area contributed by atoms with E-state index in [1.807, 2.05) is 30.5 Å². The van der Waals surface area contributed by atoms with E-state index in [1.165, 1.54) is 20.7 Å². The van der Waals surface area contributed by atoms with E-state index < -0.39 is 0 Å². The smallest absolute Gasteiger partial charge is 0.157 e. The van der Waals surface area contributed by atoms with Crippen LogP contribution in [0.2, 0.25) is 0 Å². The van der Waals surface area contributed by atoms with Gasteiger partial charge in [0.05, 0.1) is 17.7 Å². The second-order valence-corrected chi connectivity index (χ2v) is 16.9. The molecule has 0 spiro atoms. The minimum atomic E-state index is -0.00131. The van der Waals surface area contributed by atoms with Crippen molar-refractivity contribution in [2.75, 3.05) is 21.4 Å². The van der Waals surface area contributed by atoms with Crippen molar-refractivity contribution in [1.29, 1.82) is 0 Å². The van der Waals surface area contributed by atoms with Crippen LogP contribution >= 0.6 is 11.8 Å². The molecule has 0 amide bonds. The molecule has 0 bridgehead atoms. The van der Waals surface area contributed by atoms with Crippen molar-refractivity contribution in [3.63, 3.8) is 0 Å². The number of aromatic nitrogens is 2. The molecule has 6 heterocycles. The lowest BCUT2D eigenvalue weighted by molar-refractivity contribution is 0.443. The van der Waals surface area contributed by atoms with Gasteiger partial charge in [-0.1, -0.05) is 68.9 Å². The third-order valence-corrected chi connectivity index (χ3v) is 12.3. The van der Waals surface area contributed by atoms with Crippen molar-refractivity contribution in [3.05, 3.63) is 152 Å². The molecule has 8 nitrogen and oxygen atoms in total. The first-order valence-electron chi connectivity index (χ1n) is 19.1. The van der Waals surface area contributed by atoms with Crippen LogP contribution in [-0.4, -0.2) is 16.2 Å². The van der Waals surface area contributed by atoms with E-state index in [2.05, 4.69) is 156 Å². The highest BCUT2D eigenvalue weighted by Crippen LogP contribution is 2.67. The molecule has 0 fully saturated rings. The molecule has 6 aromatic carbocycles. The summed E-state index contributed by atoms with van der Waals surface area (Å²) in [5, 5.41) is 2.33. The normalized spacial score (nSPS) is 14.5. The van der Waals surface area contributed by atoms with Crippen LogP contribution < -0.4 is 28.9 Å². The summed E-state index contributed by atoms with van der Waals surface area (Å²) in [6.07, 6.45) is 6.10. The average Bonchev–Trinajstić information content (AvgIpc) is 3.84. The molecule has 276 valence electrons. The Morgan fingerprint density at radius 2 is 1.28 bits per heavy atom. The summed E-state index contributed by atoms with van der Waals surface area (Å²) in [5.74, 6) is 5.65. The van der Waals surface area contributed by atoms with E-state index in [4.69, 9.17) is 19.2 Å². The van der Waals surface area contributed by atoms with Gasteiger partial charge in [0.15, 0.2) is 23.0 Å². The number of benzene rings is 6. The third kappa shape index (κ3) is 4.98. The number of rotatable bonds is 5. The minimum absolute atomic E-state index is 0.00131. The molecule has 0 N–H and O–H groups in total. The summed E-state index contributed by atoms with van der Waals surface area (Å²) < 4.78 is 22.1. The van der Waals surface area contributed by atoms with Gasteiger partial charge in [-0.15, -0.1) is 0 Å². The lowest BCUT2D eigenvalue weighted by Crippen LogP contribution is -2.26. The van der Waals surface area contributed by atoms with Crippen molar-refractivity contribution in [1.82, 2.24) is 9.55 Å². The van der Waals surface area contributed by atoms with Crippen LogP contribution in [0.25, 0.3) is 27.6 Å². The van der Waals surface area contributed by atoms with E-state index in [1.54, 1.807) is 11.8 Å². The number of pyridine rings is 1. The van der Waals surface area contributed by atoms with Crippen LogP contribution in [0.1, 0.15) is 26.3 Å². The Morgan fingerprint density at radius 3 is 2.04 bits per heavy atom. The fourth-order valence-corrected chi connectivity index (χ4v) is 9.57. The van der Waals surface area contributed by atoms with E-state index in [-0.39, 0.29) is 5.41 Å². The molecule has 0 saturated heterocycles. The van der Waals surface area contributed by atoms with Gasteiger partial charge >= 0.3 is 0 Å². The Kier molecular flexibility index (Phi) is 6.73. The summed E-state index contributed by atoms with van der Waals surface area (Å²) >= 11 is 1.76. The standard InChI is InChI=1S/C48H35N5O3S/c1-48(2,3)29-19-20-49-44(23-29)52-36-12-5-4-11-34(36)35-18-17-33(27-37(35)52)54-32-10-6-9-30(24-32)50-21-22-51(28-50)31-25-40-45-41(26-31)56-39-14-8-16-43-47(39)53(45)46-38(55-40)13-7-15-42(46)57-43/h4-27H,28H2,1-3H3. The number of nitrogens with zero attached hydrogens (tertiary/aromatic N) is 5. The van der Waals surface area contributed by atoms with Crippen LogP contribution in [0.5, 0.6) is 34.5 Å². The van der Waals surface area contributed by atoms with Gasteiger partial charge in [-0.05, 0) is 77.7 Å². The molecule has 12 rings (SSSR count). The second-order valence-electron chi connectivity index (χ2n) is 15.8. The molecule has 0 saturated carbocycles. The Morgan fingerprint density at radius 1 is 0.596 bits per heavy atom. The molecule has 57 heavy (non-hydrogen) atoms.